The van der Waals surface area contributed by atoms with Crippen LogP contribution in [0.15, 0.2) is 0 Å². The smallest absolute Gasteiger partial charge is 0.0602 e. The summed E-state index contributed by atoms with van der Waals surface area (Å²) in [5.41, 5.74) is 0. The van der Waals surface area contributed by atoms with E-state index in [9.17, 15) is 0 Å². The van der Waals surface area contributed by atoms with Gasteiger partial charge in [0.25, 0.3) is 0 Å². The molecular weight excluding hydrogens is 198 g/mol. The molecular formula is C13H23N3. The molecule has 0 aliphatic carbocycles. The number of hydrogen-bond acceptors (Lipinski definition) is 3. The molecule has 0 aromatic heterocycles. The topological polar surface area (TPSA) is 27.3 Å². The molecule has 0 spiro atoms. The first-order chi connectivity index (χ1) is 7.95. The first-order valence-corrected chi connectivity index (χ1v) is 6.57. The molecule has 2 saturated heterocycles. The van der Waals surface area contributed by atoms with Crippen LogP contribution in [0.25, 0.3) is 0 Å². The van der Waals surface area contributed by atoms with Crippen LogP contribution in [0.4, 0.5) is 0 Å². The van der Waals surface area contributed by atoms with Crippen molar-refractivity contribution in [3.8, 4) is 11.8 Å². The van der Waals surface area contributed by atoms with Crippen LogP contribution in [0.2, 0.25) is 0 Å². The maximum Gasteiger partial charge on any atom is 0.0602 e. The highest BCUT2D eigenvalue weighted by Gasteiger charge is 2.10. The number of piperidine rings is 1. The van der Waals surface area contributed by atoms with Gasteiger partial charge >= 0.3 is 0 Å². The Bertz CT molecular complexity index is 218. The Kier molecular flexibility index (Phi) is 5.14. The van der Waals surface area contributed by atoms with Crippen molar-refractivity contribution in [3.63, 3.8) is 0 Å². The Balaban J connectivity index is 1.61. The van der Waals surface area contributed by atoms with Gasteiger partial charge in [0.15, 0.2) is 0 Å². The summed E-state index contributed by atoms with van der Waals surface area (Å²) in [6.45, 7) is 6.67. The molecule has 2 N–H and O–H groups in total. The summed E-state index contributed by atoms with van der Waals surface area (Å²) in [5.74, 6) is 6.64. The van der Waals surface area contributed by atoms with Crippen molar-refractivity contribution in [1.29, 1.82) is 0 Å². The van der Waals surface area contributed by atoms with Gasteiger partial charge in [-0.15, -0.1) is 5.92 Å². The number of piperazine rings is 1. The predicted molar refractivity (Wildman–Crippen MR) is 67.3 cm³/mol. The second-order valence-corrected chi connectivity index (χ2v) is 4.73. The highest BCUT2D eigenvalue weighted by Crippen LogP contribution is 2.08. The van der Waals surface area contributed by atoms with Crippen LogP contribution in [0.3, 0.4) is 0 Å². The third kappa shape index (κ3) is 4.13. The van der Waals surface area contributed by atoms with Gasteiger partial charge in [-0.2, -0.15) is 0 Å². The van der Waals surface area contributed by atoms with E-state index in [1.165, 1.54) is 25.8 Å². The molecule has 0 aromatic rings. The van der Waals surface area contributed by atoms with Crippen LogP contribution >= 0.6 is 0 Å². The van der Waals surface area contributed by atoms with Crippen molar-refractivity contribution in [2.75, 3.05) is 39.3 Å². The first-order valence-electron chi connectivity index (χ1n) is 6.57. The van der Waals surface area contributed by atoms with Crippen molar-refractivity contribution in [2.24, 2.45) is 0 Å². The molecule has 90 valence electrons. The van der Waals surface area contributed by atoms with E-state index < -0.39 is 0 Å². The van der Waals surface area contributed by atoms with Crippen LogP contribution in [0, 0.1) is 11.8 Å². The minimum absolute atomic E-state index is 0.657. The highest BCUT2D eigenvalue weighted by atomic mass is 15.2. The van der Waals surface area contributed by atoms with Gasteiger partial charge < -0.3 is 10.6 Å². The first kappa shape index (κ1) is 11.9. The lowest BCUT2D eigenvalue weighted by Crippen LogP contribution is -2.43. The highest BCUT2D eigenvalue weighted by molar-refractivity contribution is 5.04. The normalized spacial score (nSPS) is 27.1. The minimum atomic E-state index is 0.657. The molecule has 0 aromatic carbocycles. The van der Waals surface area contributed by atoms with Crippen molar-refractivity contribution in [1.82, 2.24) is 15.5 Å². The Morgan fingerprint density at radius 2 is 1.94 bits per heavy atom. The van der Waals surface area contributed by atoms with Crippen molar-refractivity contribution in [2.45, 2.75) is 31.7 Å². The fraction of sp³-hybridized carbons (Fsp3) is 0.846. The van der Waals surface area contributed by atoms with Gasteiger partial charge in [-0.25, -0.2) is 0 Å². The number of nitrogens with one attached hydrogen (secondary N) is 2. The summed E-state index contributed by atoms with van der Waals surface area (Å²) >= 11 is 0. The maximum atomic E-state index is 3.53. The zero-order chi connectivity index (χ0) is 11.1. The SMILES string of the molecule is C(#CCN1CCNCC1)CC1CCCCN1. The third-order valence-corrected chi connectivity index (χ3v) is 3.40. The molecule has 2 rings (SSSR count). The van der Waals surface area contributed by atoms with Gasteiger partial charge in [0.1, 0.15) is 0 Å². The number of hydrogen-bond donors (Lipinski definition) is 2. The summed E-state index contributed by atoms with van der Waals surface area (Å²) in [6.07, 6.45) is 5.05. The zero-order valence-corrected chi connectivity index (χ0v) is 10.1. The molecule has 1 atom stereocenters. The van der Waals surface area contributed by atoms with E-state index in [4.69, 9.17) is 0 Å². The Morgan fingerprint density at radius 1 is 1.06 bits per heavy atom. The summed E-state index contributed by atoms with van der Waals surface area (Å²) in [4.78, 5) is 2.43. The van der Waals surface area contributed by atoms with Gasteiger partial charge in [0.05, 0.1) is 6.54 Å². The van der Waals surface area contributed by atoms with Crippen LogP contribution in [0.1, 0.15) is 25.7 Å². The molecule has 2 heterocycles. The van der Waals surface area contributed by atoms with Crippen LogP contribution < -0.4 is 10.6 Å². The van der Waals surface area contributed by atoms with Crippen molar-refractivity contribution in [3.05, 3.63) is 0 Å². The van der Waals surface area contributed by atoms with E-state index in [-0.39, 0.29) is 0 Å². The molecule has 2 aliphatic heterocycles. The summed E-state index contributed by atoms with van der Waals surface area (Å²) in [7, 11) is 0. The lowest BCUT2D eigenvalue weighted by atomic mass is 10.0. The second kappa shape index (κ2) is 6.90. The quantitative estimate of drug-likeness (QED) is 0.662. The van der Waals surface area contributed by atoms with E-state index >= 15 is 0 Å². The molecule has 2 fully saturated rings. The van der Waals surface area contributed by atoms with Crippen LogP contribution in [0.5, 0.6) is 0 Å². The fourth-order valence-electron chi connectivity index (χ4n) is 2.33. The molecule has 16 heavy (non-hydrogen) atoms. The summed E-state index contributed by atoms with van der Waals surface area (Å²) in [6, 6.07) is 0.657. The van der Waals surface area contributed by atoms with Gasteiger partial charge in [0, 0.05) is 38.6 Å². The Hall–Kier alpha value is -0.560. The number of rotatable bonds is 2. The molecule has 0 amide bonds. The van der Waals surface area contributed by atoms with E-state index in [1.807, 2.05) is 0 Å². The zero-order valence-electron chi connectivity index (χ0n) is 10.1. The fourth-order valence-corrected chi connectivity index (χ4v) is 2.33. The van der Waals surface area contributed by atoms with Crippen molar-refractivity contribution >= 4 is 0 Å². The van der Waals surface area contributed by atoms with Crippen LogP contribution in [-0.4, -0.2) is 50.2 Å². The maximum absolute atomic E-state index is 3.53. The molecule has 3 nitrogen and oxygen atoms in total. The Morgan fingerprint density at radius 3 is 2.69 bits per heavy atom. The monoisotopic (exact) mass is 221 g/mol. The molecule has 1 unspecified atom stereocenters. The van der Waals surface area contributed by atoms with E-state index in [2.05, 4.69) is 27.4 Å². The minimum Gasteiger partial charge on any atom is -0.314 e. The molecule has 0 radical (unpaired) electrons. The molecule has 3 heteroatoms. The number of nitrogens with zero attached hydrogens (tertiary/aromatic N) is 1. The second-order valence-electron chi connectivity index (χ2n) is 4.73. The van der Waals surface area contributed by atoms with Gasteiger partial charge in [-0.05, 0) is 19.4 Å². The van der Waals surface area contributed by atoms with Gasteiger partial charge in [-0.1, -0.05) is 12.3 Å². The van der Waals surface area contributed by atoms with E-state index in [0.29, 0.717) is 6.04 Å². The van der Waals surface area contributed by atoms with Crippen molar-refractivity contribution < 1.29 is 0 Å². The summed E-state index contributed by atoms with van der Waals surface area (Å²) < 4.78 is 0. The van der Waals surface area contributed by atoms with E-state index in [1.54, 1.807) is 0 Å². The lowest BCUT2D eigenvalue weighted by Gasteiger charge is -2.25. The third-order valence-electron chi connectivity index (χ3n) is 3.40. The van der Waals surface area contributed by atoms with E-state index in [0.717, 1.165) is 39.1 Å². The molecule has 0 bridgehead atoms. The largest absolute Gasteiger partial charge is 0.314 e. The standard InChI is InChI=1S/C13H23N3/c1-3-7-15-13(5-1)6-2-4-10-16-11-8-14-9-12-16/h13-15H,1,3,5-12H2. The molecule has 2 aliphatic rings. The Labute approximate surface area is 99.0 Å². The molecule has 0 saturated carbocycles. The average Bonchev–Trinajstić information content (AvgIpc) is 2.37. The van der Waals surface area contributed by atoms with Gasteiger partial charge in [0.2, 0.25) is 0 Å². The average molecular weight is 221 g/mol. The summed E-state index contributed by atoms with van der Waals surface area (Å²) in [5, 5.41) is 6.89. The van der Waals surface area contributed by atoms with Crippen LogP contribution in [-0.2, 0) is 0 Å². The predicted octanol–water partition coefficient (Wildman–Crippen LogP) is 0.427. The lowest BCUT2D eigenvalue weighted by molar-refractivity contribution is 0.268. The van der Waals surface area contributed by atoms with Gasteiger partial charge in [-0.3, -0.25) is 4.90 Å².